The predicted molar refractivity (Wildman–Crippen MR) is 222 cm³/mol. The molecular weight excluding hydrogens is 869 g/mol. The van der Waals surface area contributed by atoms with Gasteiger partial charge < -0.3 is 18.4 Å². The monoisotopic (exact) mass is 907 g/mol. The van der Waals surface area contributed by atoms with Crippen LogP contribution in [-0.4, -0.2) is 19.5 Å². The van der Waals surface area contributed by atoms with Gasteiger partial charge >= 0.3 is 0 Å². The number of para-hydroxylation sites is 4. The third-order valence-electron chi connectivity index (χ3n) is 9.94. The maximum Gasteiger partial charge on any atom is 0.216 e. The number of hydrogen-bond donors (Lipinski definition) is 0. The number of furan rings is 1. The molecule has 0 aliphatic carbocycles. The van der Waals surface area contributed by atoms with Crippen LogP contribution in [0, 0.1) is 12.1 Å². The van der Waals surface area contributed by atoms with E-state index in [-0.39, 0.29) is 20.1 Å². The summed E-state index contributed by atoms with van der Waals surface area (Å²) in [6, 6.07) is 53.5. The molecule has 0 saturated carbocycles. The average Bonchev–Trinajstić information content (AvgIpc) is 3.95. The predicted octanol–water partition coefficient (Wildman–Crippen LogP) is 13.0. The van der Waals surface area contributed by atoms with Crippen molar-refractivity contribution < 1.29 is 28.9 Å². The SMILES string of the molecule is CC(C)c1cccc(C(C)C)c1-n1c(-c2[c-]c3nc(-c4ccccc4)oc3c3c2oc2ccccc23)nc2ccccc21.[Ir].[c-]1ccccc1-c1ccccn1. The van der Waals surface area contributed by atoms with Gasteiger partial charge in [-0.15, -0.1) is 42.0 Å². The van der Waals surface area contributed by atoms with Crippen molar-refractivity contribution in [1.29, 1.82) is 0 Å². The number of imidazole rings is 1. The van der Waals surface area contributed by atoms with Gasteiger partial charge in [-0.1, -0.05) is 112 Å². The van der Waals surface area contributed by atoms with Crippen LogP contribution in [0.15, 0.2) is 155 Å². The molecule has 7 heteroatoms. The fraction of sp³-hybridized carbons (Fsp3) is 0.122. The zero-order valence-electron chi connectivity index (χ0n) is 31.4. The van der Waals surface area contributed by atoms with Crippen molar-refractivity contribution in [2.45, 2.75) is 39.5 Å². The first-order valence-electron chi connectivity index (χ1n) is 18.7. The second-order valence-electron chi connectivity index (χ2n) is 14.2. The summed E-state index contributed by atoms with van der Waals surface area (Å²) in [5.41, 5.74) is 12.1. The van der Waals surface area contributed by atoms with Crippen molar-refractivity contribution in [2.24, 2.45) is 0 Å². The zero-order valence-corrected chi connectivity index (χ0v) is 33.8. The van der Waals surface area contributed by atoms with Crippen LogP contribution in [0.25, 0.3) is 83.9 Å². The van der Waals surface area contributed by atoms with Crippen LogP contribution in [0.5, 0.6) is 0 Å². The molecule has 4 heterocycles. The molecule has 0 amide bonds. The van der Waals surface area contributed by atoms with E-state index in [0.29, 0.717) is 34.4 Å². The van der Waals surface area contributed by atoms with Crippen molar-refractivity contribution in [1.82, 2.24) is 19.5 Å². The van der Waals surface area contributed by atoms with E-state index < -0.39 is 0 Å². The van der Waals surface area contributed by atoms with Gasteiger partial charge in [-0.3, -0.25) is 4.98 Å². The molecule has 1 radical (unpaired) electrons. The van der Waals surface area contributed by atoms with Gasteiger partial charge in [0.15, 0.2) is 0 Å². The van der Waals surface area contributed by atoms with Crippen LogP contribution in [0.4, 0.5) is 0 Å². The van der Waals surface area contributed by atoms with Crippen LogP contribution in [0.2, 0.25) is 0 Å². The van der Waals surface area contributed by atoms with E-state index in [0.717, 1.165) is 55.6 Å². The van der Waals surface area contributed by atoms with Crippen molar-refractivity contribution in [3.05, 3.63) is 169 Å². The standard InChI is InChI=1S/C38H30N3O2.C11H8N.Ir/c1-22(2)25-16-12-17-26(23(3)4)34(25)41-31-19-10-9-18-29(31)39-37(41)28-21-30-36(43-38(40-30)24-13-6-5-7-14-24)33-27-15-8-11-20-32(27)42-35(28)33;1-2-6-10(7-3-1)11-8-4-5-9-12-11;/h5-20,22-23H,1-4H3;1-6,8-9H;/q2*-1;. The van der Waals surface area contributed by atoms with Crippen molar-refractivity contribution >= 4 is 44.1 Å². The molecule has 0 spiro atoms. The van der Waals surface area contributed by atoms with Crippen molar-refractivity contribution in [3.63, 3.8) is 0 Å². The summed E-state index contributed by atoms with van der Waals surface area (Å²) in [5, 5.41) is 1.86. The first-order chi connectivity index (χ1) is 27.0. The van der Waals surface area contributed by atoms with Crippen molar-refractivity contribution in [3.8, 4) is 39.8 Å². The topological polar surface area (TPSA) is 69.9 Å². The summed E-state index contributed by atoms with van der Waals surface area (Å²) >= 11 is 0. The Balaban J connectivity index is 0.000000290. The van der Waals surface area contributed by atoms with Gasteiger partial charge in [0.1, 0.15) is 5.58 Å². The first-order valence-corrected chi connectivity index (χ1v) is 18.7. The molecule has 0 aliphatic heterocycles. The molecule has 4 aromatic heterocycles. The first kappa shape index (κ1) is 36.8. The number of aromatic nitrogens is 4. The van der Waals surface area contributed by atoms with Crippen LogP contribution in [0.1, 0.15) is 50.7 Å². The summed E-state index contributed by atoms with van der Waals surface area (Å²) in [6.45, 7) is 8.99. The molecule has 0 atom stereocenters. The summed E-state index contributed by atoms with van der Waals surface area (Å²) in [4.78, 5) is 14.4. The molecule has 10 rings (SSSR count). The Kier molecular flexibility index (Phi) is 10.2. The molecule has 56 heavy (non-hydrogen) atoms. The van der Waals surface area contributed by atoms with Crippen LogP contribution >= 0.6 is 0 Å². The molecule has 0 aliphatic rings. The fourth-order valence-electron chi connectivity index (χ4n) is 7.32. The number of oxazole rings is 1. The van der Waals surface area contributed by atoms with E-state index in [1.807, 2.05) is 97.1 Å². The van der Waals surface area contributed by atoms with Crippen molar-refractivity contribution in [2.75, 3.05) is 0 Å². The number of hydrogen-bond acceptors (Lipinski definition) is 5. The zero-order chi connectivity index (χ0) is 37.5. The third kappa shape index (κ3) is 6.63. The van der Waals surface area contributed by atoms with E-state index >= 15 is 0 Å². The average molecular weight is 907 g/mol. The Morgan fingerprint density at radius 2 is 1.36 bits per heavy atom. The fourth-order valence-corrected chi connectivity index (χ4v) is 7.32. The number of pyridine rings is 1. The Morgan fingerprint density at radius 3 is 2.09 bits per heavy atom. The Morgan fingerprint density at radius 1 is 0.643 bits per heavy atom. The molecule has 0 unspecified atom stereocenters. The summed E-state index contributed by atoms with van der Waals surface area (Å²) in [7, 11) is 0. The maximum absolute atomic E-state index is 6.63. The van der Waals surface area contributed by atoms with E-state index in [9.17, 15) is 0 Å². The summed E-state index contributed by atoms with van der Waals surface area (Å²) in [5.74, 6) is 1.94. The normalized spacial score (nSPS) is 11.4. The molecule has 277 valence electrons. The van der Waals surface area contributed by atoms with Gasteiger partial charge in [-0.05, 0) is 70.4 Å². The minimum Gasteiger partial charge on any atom is -0.500 e. The van der Waals surface area contributed by atoms with Gasteiger partial charge in [0.2, 0.25) is 5.89 Å². The Labute approximate surface area is 339 Å². The van der Waals surface area contributed by atoms with E-state index in [2.05, 4.69) is 91.8 Å². The molecular formula is C49H38IrN4O2-2. The maximum atomic E-state index is 6.63. The Bertz CT molecular complexity index is 2870. The van der Waals surface area contributed by atoms with Gasteiger partial charge in [0.05, 0.1) is 28.0 Å². The quantitative estimate of drug-likeness (QED) is 0.155. The van der Waals surface area contributed by atoms with E-state index in [1.54, 1.807) is 6.20 Å². The minimum atomic E-state index is 0. The molecule has 0 N–H and O–H groups in total. The van der Waals surface area contributed by atoms with Gasteiger partial charge in [-0.25, -0.2) is 4.98 Å². The summed E-state index contributed by atoms with van der Waals surface area (Å²) < 4.78 is 15.4. The van der Waals surface area contributed by atoms with Crippen LogP contribution < -0.4 is 0 Å². The summed E-state index contributed by atoms with van der Waals surface area (Å²) in [6.07, 6.45) is 1.79. The Hall–Kier alpha value is -6.14. The van der Waals surface area contributed by atoms with Gasteiger partial charge in [-0.2, -0.15) is 0 Å². The van der Waals surface area contributed by atoms with Gasteiger partial charge in [0.25, 0.3) is 0 Å². The number of fused-ring (bicyclic) bond motifs is 6. The second-order valence-corrected chi connectivity index (χ2v) is 14.2. The van der Waals surface area contributed by atoms with E-state index in [1.165, 1.54) is 16.8 Å². The molecule has 0 bridgehead atoms. The molecule has 0 fully saturated rings. The number of rotatable bonds is 6. The minimum absolute atomic E-state index is 0. The van der Waals surface area contributed by atoms with E-state index in [4.69, 9.17) is 18.8 Å². The van der Waals surface area contributed by atoms with Crippen LogP contribution in [-0.2, 0) is 20.1 Å². The van der Waals surface area contributed by atoms with Gasteiger partial charge in [0, 0.05) is 48.5 Å². The second kappa shape index (κ2) is 15.5. The molecule has 6 nitrogen and oxygen atoms in total. The number of nitrogens with zero attached hydrogens (tertiary/aromatic N) is 4. The smallest absolute Gasteiger partial charge is 0.216 e. The molecule has 0 saturated heterocycles. The van der Waals surface area contributed by atoms with Crippen LogP contribution in [0.3, 0.4) is 0 Å². The third-order valence-corrected chi connectivity index (χ3v) is 9.94. The number of benzene rings is 6. The largest absolute Gasteiger partial charge is 0.500 e. The molecule has 6 aromatic carbocycles. The molecule has 10 aromatic rings.